The highest BCUT2D eigenvalue weighted by atomic mass is 16.6. The number of nitro benzene ring substituents is 1. The fraction of sp³-hybridized carbons (Fsp3) is 0.300. The second kappa shape index (κ2) is 4.28. The van der Waals surface area contributed by atoms with Gasteiger partial charge in [0.05, 0.1) is 17.6 Å². The molecule has 2 rings (SSSR count). The van der Waals surface area contributed by atoms with Crippen molar-refractivity contribution in [1.82, 2.24) is 0 Å². The largest absolute Gasteiger partial charge is 0.478 e. The molecule has 0 aliphatic carbocycles. The second-order valence-corrected chi connectivity index (χ2v) is 3.54. The summed E-state index contributed by atoms with van der Waals surface area (Å²) in [5.41, 5.74) is 5.25. The van der Waals surface area contributed by atoms with E-state index in [-0.39, 0.29) is 17.1 Å². The van der Waals surface area contributed by atoms with Gasteiger partial charge in [0, 0.05) is 6.42 Å². The molecule has 2 N–H and O–H groups in total. The minimum atomic E-state index is -0.696. The summed E-state index contributed by atoms with van der Waals surface area (Å²) in [6, 6.07) is 4.04. The van der Waals surface area contributed by atoms with Crippen LogP contribution in [0.5, 0.6) is 5.75 Å². The molecular weight excluding hydrogens is 228 g/mol. The van der Waals surface area contributed by atoms with Crippen molar-refractivity contribution in [1.29, 1.82) is 0 Å². The van der Waals surface area contributed by atoms with Crippen LogP contribution in [0.3, 0.4) is 0 Å². The molecule has 1 unspecified atom stereocenters. The van der Waals surface area contributed by atoms with E-state index in [0.717, 1.165) is 0 Å². The van der Waals surface area contributed by atoms with E-state index in [1.54, 1.807) is 0 Å². The van der Waals surface area contributed by atoms with Crippen molar-refractivity contribution in [2.24, 2.45) is 0 Å². The molecule has 1 heterocycles. The molecule has 1 atom stereocenters. The number of benzene rings is 1. The van der Waals surface area contributed by atoms with Gasteiger partial charge in [-0.2, -0.15) is 0 Å². The van der Waals surface area contributed by atoms with Crippen LogP contribution < -0.4 is 10.5 Å². The van der Waals surface area contributed by atoms with Gasteiger partial charge in [0.2, 0.25) is 0 Å². The number of nitrogens with zero attached hydrogens (tertiary/aromatic N) is 1. The third-order valence-corrected chi connectivity index (χ3v) is 2.36. The van der Waals surface area contributed by atoms with Gasteiger partial charge in [-0.1, -0.05) is 0 Å². The highest BCUT2D eigenvalue weighted by Crippen LogP contribution is 2.28. The number of carbonyl (C=O) groups is 1. The highest BCUT2D eigenvalue weighted by molar-refractivity contribution is 5.77. The number of nitrogens with two attached hydrogens (primary N) is 1. The first-order valence-electron chi connectivity index (χ1n) is 4.95. The molecule has 0 aromatic heterocycles. The van der Waals surface area contributed by atoms with Crippen LogP contribution in [0.15, 0.2) is 18.2 Å². The zero-order valence-electron chi connectivity index (χ0n) is 8.79. The molecule has 1 fully saturated rings. The Morgan fingerprint density at radius 2 is 2.29 bits per heavy atom. The number of hydrogen-bond donors (Lipinski definition) is 1. The fourth-order valence-corrected chi connectivity index (χ4v) is 1.50. The predicted octanol–water partition coefficient (Wildman–Crippen LogP) is 0.871. The lowest BCUT2D eigenvalue weighted by atomic mass is 10.2. The Bertz CT molecular complexity index is 474. The molecule has 90 valence electrons. The Hall–Kier alpha value is -2.31. The summed E-state index contributed by atoms with van der Waals surface area (Å²) in [6.45, 7) is 0.306. The lowest BCUT2D eigenvalue weighted by Crippen LogP contribution is -2.21. The summed E-state index contributed by atoms with van der Waals surface area (Å²) < 4.78 is 10.0. The number of nitrogen functional groups attached to an aromatic ring is 1. The molecule has 0 bridgehead atoms. The van der Waals surface area contributed by atoms with Crippen molar-refractivity contribution in [3.8, 4) is 5.75 Å². The number of carbonyl (C=O) groups excluding carboxylic acids is 1. The summed E-state index contributed by atoms with van der Waals surface area (Å²) in [5.74, 6) is -0.223. The minimum absolute atomic E-state index is 0.0522. The maximum absolute atomic E-state index is 11.2. The fourth-order valence-electron chi connectivity index (χ4n) is 1.50. The van der Waals surface area contributed by atoms with E-state index in [0.29, 0.717) is 13.0 Å². The summed E-state index contributed by atoms with van der Waals surface area (Å²) in [7, 11) is 0. The number of rotatable bonds is 3. The van der Waals surface area contributed by atoms with Crippen molar-refractivity contribution in [3.63, 3.8) is 0 Å². The van der Waals surface area contributed by atoms with Crippen LogP contribution in [-0.4, -0.2) is 23.6 Å². The SMILES string of the molecule is Nc1ccc(OC2CCOC2=O)cc1[N+](=O)[O-]. The van der Waals surface area contributed by atoms with Crippen LogP contribution in [0, 0.1) is 10.1 Å². The molecular formula is C10H10N2O5. The number of hydrogen-bond acceptors (Lipinski definition) is 6. The molecule has 1 aliphatic heterocycles. The number of ether oxygens (including phenoxy) is 2. The summed E-state index contributed by atoms with van der Waals surface area (Å²) in [5, 5.41) is 10.7. The molecule has 7 nitrogen and oxygen atoms in total. The van der Waals surface area contributed by atoms with Crippen molar-refractivity contribution in [2.45, 2.75) is 12.5 Å². The van der Waals surface area contributed by atoms with Gasteiger partial charge in [-0.15, -0.1) is 0 Å². The van der Waals surface area contributed by atoms with Crippen LogP contribution in [0.1, 0.15) is 6.42 Å². The monoisotopic (exact) mass is 238 g/mol. The first-order chi connectivity index (χ1) is 8.08. The van der Waals surface area contributed by atoms with Gasteiger partial charge in [0.1, 0.15) is 11.4 Å². The van der Waals surface area contributed by atoms with Crippen LogP contribution in [0.4, 0.5) is 11.4 Å². The zero-order chi connectivity index (χ0) is 12.4. The molecule has 1 aromatic carbocycles. The lowest BCUT2D eigenvalue weighted by molar-refractivity contribution is -0.384. The third kappa shape index (κ3) is 2.27. The third-order valence-electron chi connectivity index (χ3n) is 2.36. The molecule has 0 saturated carbocycles. The standard InChI is InChI=1S/C10H10N2O5/c11-7-2-1-6(5-8(7)12(14)15)17-9-3-4-16-10(9)13/h1-2,5,9H,3-4,11H2. The van der Waals surface area contributed by atoms with Gasteiger partial charge in [0.25, 0.3) is 5.69 Å². The number of nitro groups is 1. The van der Waals surface area contributed by atoms with E-state index < -0.39 is 17.0 Å². The van der Waals surface area contributed by atoms with Crippen molar-refractivity contribution in [3.05, 3.63) is 28.3 Å². The number of anilines is 1. The molecule has 17 heavy (non-hydrogen) atoms. The predicted molar refractivity (Wildman–Crippen MR) is 57.5 cm³/mol. The topological polar surface area (TPSA) is 105 Å². The van der Waals surface area contributed by atoms with Gasteiger partial charge < -0.3 is 15.2 Å². The maximum Gasteiger partial charge on any atom is 0.347 e. The van der Waals surface area contributed by atoms with E-state index in [9.17, 15) is 14.9 Å². The van der Waals surface area contributed by atoms with E-state index >= 15 is 0 Å². The Morgan fingerprint density at radius 1 is 1.53 bits per heavy atom. The Kier molecular flexibility index (Phi) is 2.82. The first kappa shape index (κ1) is 11.2. The van der Waals surface area contributed by atoms with Gasteiger partial charge in [0.15, 0.2) is 6.10 Å². The average Bonchev–Trinajstić information content (AvgIpc) is 2.67. The van der Waals surface area contributed by atoms with Crippen LogP contribution >= 0.6 is 0 Å². The summed E-state index contributed by atoms with van der Waals surface area (Å²) in [4.78, 5) is 21.2. The first-order valence-corrected chi connectivity index (χ1v) is 4.95. The van der Waals surface area contributed by atoms with Crippen LogP contribution in [0.2, 0.25) is 0 Å². The second-order valence-electron chi connectivity index (χ2n) is 3.54. The smallest absolute Gasteiger partial charge is 0.347 e. The van der Waals surface area contributed by atoms with Crippen LogP contribution in [-0.2, 0) is 9.53 Å². The average molecular weight is 238 g/mol. The Morgan fingerprint density at radius 3 is 2.88 bits per heavy atom. The quantitative estimate of drug-likeness (QED) is 0.362. The number of esters is 1. The molecule has 1 aromatic rings. The van der Waals surface area contributed by atoms with Gasteiger partial charge in [-0.05, 0) is 12.1 Å². The molecule has 0 amide bonds. The van der Waals surface area contributed by atoms with E-state index in [4.69, 9.17) is 15.2 Å². The van der Waals surface area contributed by atoms with E-state index in [1.165, 1.54) is 18.2 Å². The van der Waals surface area contributed by atoms with Gasteiger partial charge in [-0.25, -0.2) is 4.79 Å². The Balaban J connectivity index is 2.19. The van der Waals surface area contributed by atoms with Crippen LogP contribution in [0.25, 0.3) is 0 Å². The highest BCUT2D eigenvalue weighted by Gasteiger charge is 2.28. The normalized spacial score (nSPS) is 18.8. The minimum Gasteiger partial charge on any atom is -0.478 e. The Labute approximate surface area is 96.3 Å². The maximum atomic E-state index is 11.2. The number of cyclic esters (lactones) is 1. The van der Waals surface area contributed by atoms with Gasteiger partial charge >= 0.3 is 5.97 Å². The molecule has 1 saturated heterocycles. The van der Waals surface area contributed by atoms with Gasteiger partial charge in [-0.3, -0.25) is 10.1 Å². The van der Waals surface area contributed by atoms with Crippen molar-refractivity contribution >= 4 is 17.3 Å². The van der Waals surface area contributed by atoms with Crippen molar-refractivity contribution < 1.29 is 19.2 Å². The molecule has 7 heteroatoms. The molecule has 0 radical (unpaired) electrons. The van der Waals surface area contributed by atoms with E-state index in [2.05, 4.69) is 0 Å². The zero-order valence-corrected chi connectivity index (χ0v) is 8.79. The van der Waals surface area contributed by atoms with Crippen molar-refractivity contribution in [2.75, 3.05) is 12.3 Å². The van der Waals surface area contributed by atoms with E-state index in [1.807, 2.05) is 0 Å². The summed E-state index contributed by atoms with van der Waals surface area (Å²) in [6.07, 6.45) is -0.255. The summed E-state index contributed by atoms with van der Waals surface area (Å²) >= 11 is 0. The lowest BCUT2D eigenvalue weighted by Gasteiger charge is -2.09. The molecule has 0 spiro atoms. The molecule has 1 aliphatic rings.